The van der Waals surface area contributed by atoms with E-state index in [1.807, 2.05) is 20.8 Å². The molecule has 4 nitrogen and oxygen atoms in total. The fraction of sp³-hybridized carbons (Fsp3) is 0.846. The minimum Gasteiger partial charge on any atom is -0.481 e. The van der Waals surface area contributed by atoms with Crippen molar-refractivity contribution in [3.8, 4) is 0 Å². The first-order chi connectivity index (χ1) is 7.71. The van der Waals surface area contributed by atoms with Crippen LogP contribution in [0.4, 0.5) is 0 Å². The zero-order valence-electron chi connectivity index (χ0n) is 11.1. The van der Waals surface area contributed by atoms with E-state index in [0.29, 0.717) is 18.3 Å². The molecule has 0 aliphatic heterocycles. The molecule has 2 N–H and O–H groups in total. The molecule has 1 saturated carbocycles. The van der Waals surface area contributed by atoms with Crippen molar-refractivity contribution in [1.29, 1.82) is 0 Å². The van der Waals surface area contributed by atoms with Crippen molar-refractivity contribution in [2.24, 2.45) is 23.2 Å². The van der Waals surface area contributed by atoms with Gasteiger partial charge >= 0.3 is 5.97 Å². The zero-order valence-corrected chi connectivity index (χ0v) is 11.1. The Hall–Kier alpha value is -1.06. The molecule has 1 fully saturated rings. The first-order valence-electron chi connectivity index (χ1n) is 6.23. The van der Waals surface area contributed by atoms with Crippen LogP contribution in [0.1, 0.15) is 40.5 Å². The first-order valence-corrected chi connectivity index (χ1v) is 6.23. The number of hydrogen-bond acceptors (Lipinski definition) is 2. The monoisotopic (exact) mass is 241 g/mol. The van der Waals surface area contributed by atoms with E-state index in [9.17, 15) is 9.59 Å². The number of carbonyl (C=O) groups is 2. The van der Waals surface area contributed by atoms with Crippen LogP contribution in [0, 0.1) is 23.2 Å². The highest BCUT2D eigenvalue weighted by Crippen LogP contribution is 2.42. The maximum atomic E-state index is 11.7. The van der Waals surface area contributed by atoms with Crippen LogP contribution in [-0.4, -0.2) is 23.5 Å². The molecular weight excluding hydrogens is 218 g/mol. The molecular formula is C13H23NO3. The van der Waals surface area contributed by atoms with Crippen molar-refractivity contribution in [2.75, 3.05) is 6.54 Å². The minimum atomic E-state index is -0.807. The number of carboxylic acids is 1. The Kier molecular flexibility index (Phi) is 4.17. The molecule has 3 unspecified atom stereocenters. The molecule has 0 aromatic rings. The quantitative estimate of drug-likeness (QED) is 0.772. The summed E-state index contributed by atoms with van der Waals surface area (Å²) in [6.45, 7) is 7.84. The van der Waals surface area contributed by atoms with Crippen LogP contribution in [0.25, 0.3) is 0 Å². The van der Waals surface area contributed by atoms with Crippen LogP contribution in [0.3, 0.4) is 0 Å². The van der Waals surface area contributed by atoms with E-state index in [2.05, 4.69) is 12.2 Å². The van der Waals surface area contributed by atoms with Crippen LogP contribution in [0.5, 0.6) is 0 Å². The zero-order chi connectivity index (χ0) is 13.2. The second kappa shape index (κ2) is 5.07. The van der Waals surface area contributed by atoms with Crippen molar-refractivity contribution in [2.45, 2.75) is 40.5 Å². The highest BCUT2D eigenvalue weighted by molar-refractivity contribution is 5.82. The molecule has 1 rings (SSSR count). The van der Waals surface area contributed by atoms with Gasteiger partial charge in [0.15, 0.2) is 0 Å². The summed E-state index contributed by atoms with van der Waals surface area (Å²) in [5.41, 5.74) is -0.462. The van der Waals surface area contributed by atoms with Gasteiger partial charge < -0.3 is 10.4 Å². The van der Waals surface area contributed by atoms with Crippen LogP contribution < -0.4 is 5.32 Å². The van der Waals surface area contributed by atoms with Crippen LogP contribution in [0.2, 0.25) is 0 Å². The van der Waals surface area contributed by atoms with E-state index in [1.165, 1.54) is 0 Å². The summed E-state index contributed by atoms with van der Waals surface area (Å²) in [6.07, 6.45) is 1.80. The summed E-state index contributed by atoms with van der Waals surface area (Å²) in [4.78, 5) is 22.7. The smallest absolute Gasteiger partial charge is 0.308 e. The molecule has 4 heteroatoms. The van der Waals surface area contributed by atoms with E-state index >= 15 is 0 Å². The predicted octanol–water partition coefficient (Wildman–Crippen LogP) is 1.90. The van der Waals surface area contributed by atoms with E-state index in [4.69, 9.17) is 5.11 Å². The Bertz CT molecular complexity index is 306. The Morgan fingerprint density at radius 3 is 2.29 bits per heavy atom. The molecule has 98 valence electrons. The van der Waals surface area contributed by atoms with Crippen molar-refractivity contribution in [3.05, 3.63) is 0 Å². The van der Waals surface area contributed by atoms with Gasteiger partial charge in [0, 0.05) is 12.0 Å². The fourth-order valence-electron chi connectivity index (χ4n) is 1.85. The lowest BCUT2D eigenvalue weighted by atomic mass is 9.94. The van der Waals surface area contributed by atoms with Gasteiger partial charge in [-0.25, -0.2) is 0 Å². The summed E-state index contributed by atoms with van der Waals surface area (Å²) in [7, 11) is 0. The number of nitrogens with one attached hydrogen (secondary N) is 1. The van der Waals surface area contributed by atoms with Gasteiger partial charge in [-0.05, 0) is 24.7 Å². The molecule has 17 heavy (non-hydrogen) atoms. The topological polar surface area (TPSA) is 66.4 Å². The van der Waals surface area contributed by atoms with Crippen molar-refractivity contribution in [3.63, 3.8) is 0 Å². The van der Waals surface area contributed by atoms with Crippen LogP contribution in [-0.2, 0) is 9.59 Å². The molecule has 0 aromatic heterocycles. The number of carboxylic acid groups (broad SMARTS) is 1. The normalized spacial score (nSPS) is 25.2. The average Bonchev–Trinajstić information content (AvgIpc) is 2.86. The summed E-state index contributed by atoms with van der Waals surface area (Å²) >= 11 is 0. The summed E-state index contributed by atoms with van der Waals surface area (Å²) in [5, 5.41) is 11.8. The van der Waals surface area contributed by atoms with Gasteiger partial charge in [-0.1, -0.05) is 27.7 Å². The second-order valence-corrected chi connectivity index (χ2v) is 6.20. The van der Waals surface area contributed by atoms with Crippen molar-refractivity contribution >= 4 is 11.9 Å². The number of amides is 1. The maximum absolute atomic E-state index is 11.7. The van der Waals surface area contributed by atoms with Gasteiger partial charge in [0.05, 0.1) is 5.92 Å². The number of rotatable bonds is 5. The van der Waals surface area contributed by atoms with Crippen molar-refractivity contribution < 1.29 is 14.7 Å². The number of carbonyl (C=O) groups excluding carboxylic acids is 1. The second-order valence-electron chi connectivity index (χ2n) is 6.20. The summed E-state index contributed by atoms with van der Waals surface area (Å²) in [5.74, 6) is -0.167. The summed E-state index contributed by atoms with van der Waals surface area (Å²) in [6, 6.07) is 0. The van der Waals surface area contributed by atoms with E-state index in [-0.39, 0.29) is 12.5 Å². The van der Waals surface area contributed by atoms with Crippen LogP contribution >= 0.6 is 0 Å². The minimum absolute atomic E-state index is 0.0902. The third-order valence-corrected chi connectivity index (χ3v) is 3.40. The standard InChI is InChI=1S/C13H23NO3/c1-8-5-9(8)6-10(11(15)16)7-14-12(17)13(2,3)4/h8-10H,5-7H2,1-4H3,(H,14,17)(H,15,16). The Morgan fingerprint density at radius 2 is 1.94 bits per heavy atom. The van der Waals surface area contributed by atoms with Crippen molar-refractivity contribution in [1.82, 2.24) is 5.32 Å². The third kappa shape index (κ3) is 4.36. The Labute approximate surface area is 103 Å². The van der Waals surface area contributed by atoms with Gasteiger partial charge in [0.1, 0.15) is 0 Å². The molecule has 1 aliphatic rings. The molecule has 0 heterocycles. The lowest BCUT2D eigenvalue weighted by Crippen LogP contribution is -2.39. The molecule has 0 radical (unpaired) electrons. The lowest BCUT2D eigenvalue weighted by molar-refractivity contribution is -0.142. The lowest BCUT2D eigenvalue weighted by Gasteiger charge is -2.20. The largest absolute Gasteiger partial charge is 0.481 e. The van der Waals surface area contributed by atoms with Gasteiger partial charge in [-0.2, -0.15) is 0 Å². The molecule has 1 aliphatic carbocycles. The van der Waals surface area contributed by atoms with Gasteiger partial charge in [-0.3, -0.25) is 9.59 Å². The molecule has 0 spiro atoms. The first kappa shape index (κ1) is 14.0. The molecule has 0 bridgehead atoms. The molecule has 3 atom stereocenters. The van der Waals surface area contributed by atoms with Gasteiger partial charge in [0.25, 0.3) is 0 Å². The Morgan fingerprint density at radius 1 is 1.41 bits per heavy atom. The highest BCUT2D eigenvalue weighted by atomic mass is 16.4. The van der Waals surface area contributed by atoms with E-state index in [0.717, 1.165) is 6.42 Å². The number of hydrogen-bond donors (Lipinski definition) is 2. The molecule has 1 amide bonds. The highest BCUT2D eigenvalue weighted by Gasteiger charge is 2.36. The third-order valence-electron chi connectivity index (χ3n) is 3.40. The maximum Gasteiger partial charge on any atom is 0.308 e. The molecule has 0 saturated heterocycles. The average molecular weight is 241 g/mol. The number of aliphatic carboxylic acids is 1. The van der Waals surface area contributed by atoms with Gasteiger partial charge in [-0.15, -0.1) is 0 Å². The summed E-state index contributed by atoms with van der Waals surface area (Å²) < 4.78 is 0. The predicted molar refractivity (Wildman–Crippen MR) is 65.5 cm³/mol. The van der Waals surface area contributed by atoms with E-state index < -0.39 is 17.3 Å². The SMILES string of the molecule is CC1CC1CC(CNC(=O)C(C)(C)C)C(=O)O. The van der Waals surface area contributed by atoms with Gasteiger partial charge in [0.2, 0.25) is 5.91 Å². The van der Waals surface area contributed by atoms with Crippen LogP contribution in [0.15, 0.2) is 0 Å². The Balaban J connectivity index is 2.40. The van der Waals surface area contributed by atoms with E-state index in [1.54, 1.807) is 0 Å². The fourth-order valence-corrected chi connectivity index (χ4v) is 1.85. The molecule has 0 aromatic carbocycles.